The smallest absolute Gasteiger partial charge is 0.000157 e. The number of rotatable bonds is 4. The van der Waals surface area contributed by atoms with Crippen molar-refractivity contribution in [3.05, 3.63) is 71.3 Å². The van der Waals surface area contributed by atoms with Crippen molar-refractivity contribution in [2.45, 2.75) is 19.3 Å². The maximum Gasteiger partial charge on any atom is 0.000157 e. The molecule has 0 aliphatic rings. The number of benzene rings is 2. The normalized spacial score (nSPS) is 12.4. The average molecular weight is 225 g/mol. The van der Waals surface area contributed by atoms with Gasteiger partial charge in [-0.05, 0) is 31.0 Å². The van der Waals surface area contributed by atoms with E-state index in [9.17, 15) is 0 Å². The molecular weight excluding hydrogens is 206 g/mol. The summed E-state index contributed by atoms with van der Waals surface area (Å²) in [6, 6.07) is 19.2. The van der Waals surface area contributed by atoms with Crippen molar-refractivity contribution in [1.29, 1.82) is 0 Å². The van der Waals surface area contributed by atoms with E-state index in [0.29, 0.717) is 12.5 Å². The Hall–Kier alpha value is -1.60. The van der Waals surface area contributed by atoms with Crippen LogP contribution in [0, 0.1) is 6.92 Å². The first kappa shape index (κ1) is 11.9. The van der Waals surface area contributed by atoms with E-state index < -0.39 is 0 Å². The Labute approximate surface area is 103 Å². The van der Waals surface area contributed by atoms with E-state index in [0.717, 1.165) is 6.42 Å². The highest BCUT2D eigenvalue weighted by atomic mass is 14.5. The molecule has 0 saturated heterocycles. The van der Waals surface area contributed by atoms with E-state index in [-0.39, 0.29) is 0 Å². The lowest BCUT2D eigenvalue weighted by molar-refractivity contribution is 0.694. The largest absolute Gasteiger partial charge is 0.330 e. The van der Waals surface area contributed by atoms with Gasteiger partial charge in [-0.15, -0.1) is 0 Å². The van der Waals surface area contributed by atoms with Gasteiger partial charge in [0.25, 0.3) is 0 Å². The molecule has 0 amide bonds. The number of nitrogens with two attached hydrogens (primary N) is 1. The van der Waals surface area contributed by atoms with Gasteiger partial charge in [-0.3, -0.25) is 0 Å². The van der Waals surface area contributed by atoms with Gasteiger partial charge < -0.3 is 5.73 Å². The van der Waals surface area contributed by atoms with Gasteiger partial charge in [0.05, 0.1) is 0 Å². The molecule has 0 radical (unpaired) electrons. The lowest BCUT2D eigenvalue weighted by Crippen LogP contribution is -2.15. The minimum absolute atomic E-state index is 0.415. The Morgan fingerprint density at radius 3 is 2.41 bits per heavy atom. The molecule has 0 saturated carbocycles. The van der Waals surface area contributed by atoms with Crippen LogP contribution >= 0.6 is 0 Å². The van der Waals surface area contributed by atoms with Crippen LogP contribution in [0.1, 0.15) is 22.6 Å². The highest BCUT2D eigenvalue weighted by Crippen LogP contribution is 2.20. The number of hydrogen-bond acceptors (Lipinski definition) is 1. The molecule has 0 heterocycles. The highest BCUT2D eigenvalue weighted by Gasteiger charge is 2.09. The Balaban J connectivity index is 2.16. The monoisotopic (exact) mass is 225 g/mol. The summed E-state index contributed by atoms with van der Waals surface area (Å²) in [6.07, 6.45) is 1.02. The van der Waals surface area contributed by atoms with Crippen LogP contribution in [-0.4, -0.2) is 6.54 Å². The zero-order valence-electron chi connectivity index (χ0n) is 10.3. The SMILES string of the molecule is Cc1cccc(CC(CN)c2ccccc2)c1. The molecule has 1 unspecified atom stereocenters. The van der Waals surface area contributed by atoms with Gasteiger partial charge in [0.2, 0.25) is 0 Å². The molecule has 2 N–H and O–H groups in total. The summed E-state index contributed by atoms with van der Waals surface area (Å²) in [5, 5.41) is 0. The van der Waals surface area contributed by atoms with Crippen LogP contribution in [-0.2, 0) is 6.42 Å². The van der Waals surface area contributed by atoms with E-state index in [1.165, 1.54) is 16.7 Å². The molecule has 1 atom stereocenters. The third kappa shape index (κ3) is 3.18. The van der Waals surface area contributed by atoms with E-state index in [1.807, 2.05) is 6.07 Å². The molecule has 2 aromatic carbocycles. The predicted octanol–water partition coefficient (Wildman–Crippen LogP) is 3.28. The molecule has 0 aromatic heterocycles. The van der Waals surface area contributed by atoms with E-state index in [4.69, 9.17) is 5.73 Å². The number of hydrogen-bond donors (Lipinski definition) is 1. The van der Waals surface area contributed by atoms with Crippen LogP contribution in [0.3, 0.4) is 0 Å². The van der Waals surface area contributed by atoms with Crippen LogP contribution < -0.4 is 5.73 Å². The molecule has 2 aromatic rings. The van der Waals surface area contributed by atoms with E-state index >= 15 is 0 Å². The summed E-state index contributed by atoms with van der Waals surface area (Å²) >= 11 is 0. The second-order valence-electron chi connectivity index (χ2n) is 4.54. The molecule has 0 fully saturated rings. The van der Waals surface area contributed by atoms with Gasteiger partial charge in [0.15, 0.2) is 0 Å². The van der Waals surface area contributed by atoms with Gasteiger partial charge in [0.1, 0.15) is 0 Å². The van der Waals surface area contributed by atoms with Crippen molar-refractivity contribution in [3.8, 4) is 0 Å². The molecule has 0 spiro atoms. The summed E-state index contributed by atoms with van der Waals surface area (Å²) in [6.45, 7) is 2.82. The lowest BCUT2D eigenvalue weighted by Gasteiger charge is -2.15. The van der Waals surface area contributed by atoms with Gasteiger partial charge in [0, 0.05) is 5.92 Å². The first-order chi connectivity index (χ1) is 8.29. The van der Waals surface area contributed by atoms with Gasteiger partial charge >= 0.3 is 0 Å². The van der Waals surface area contributed by atoms with Crippen molar-refractivity contribution in [3.63, 3.8) is 0 Å². The minimum atomic E-state index is 0.415. The van der Waals surface area contributed by atoms with Crippen molar-refractivity contribution in [2.75, 3.05) is 6.54 Å². The fourth-order valence-electron chi connectivity index (χ4n) is 2.19. The fraction of sp³-hybridized carbons (Fsp3) is 0.250. The molecule has 0 bridgehead atoms. The second-order valence-corrected chi connectivity index (χ2v) is 4.54. The first-order valence-corrected chi connectivity index (χ1v) is 6.10. The summed E-state index contributed by atoms with van der Waals surface area (Å²) in [5.41, 5.74) is 9.90. The zero-order chi connectivity index (χ0) is 12.1. The Morgan fingerprint density at radius 2 is 1.76 bits per heavy atom. The summed E-state index contributed by atoms with van der Waals surface area (Å²) in [5.74, 6) is 0.415. The van der Waals surface area contributed by atoms with Crippen molar-refractivity contribution in [2.24, 2.45) is 5.73 Å². The first-order valence-electron chi connectivity index (χ1n) is 6.10. The maximum absolute atomic E-state index is 5.89. The quantitative estimate of drug-likeness (QED) is 0.849. The minimum Gasteiger partial charge on any atom is -0.330 e. The van der Waals surface area contributed by atoms with Gasteiger partial charge in [-0.1, -0.05) is 60.2 Å². The zero-order valence-corrected chi connectivity index (χ0v) is 10.3. The summed E-state index contributed by atoms with van der Waals surface area (Å²) < 4.78 is 0. The third-order valence-corrected chi connectivity index (χ3v) is 3.12. The van der Waals surface area contributed by atoms with Crippen LogP contribution in [0.4, 0.5) is 0 Å². The molecule has 2 rings (SSSR count). The Bertz CT molecular complexity index is 462. The molecule has 1 nitrogen and oxygen atoms in total. The van der Waals surface area contributed by atoms with Crippen molar-refractivity contribution >= 4 is 0 Å². The fourth-order valence-corrected chi connectivity index (χ4v) is 2.19. The highest BCUT2D eigenvalue weighted by molar-refractivity contribution is 5.27. The topological polar surface area (TPSA) is 26.0 Å². The van der Waals surface area contributed by atoms with E-state index in [2.05, 4.69) is 55.5 Å². The third-order valence-electron chi connectivity index (χ3n) is 3.12. The standard InChI is InChI=1S/C16H19N/c1-13-6-5-7-14(10-13)11-16(12-17)15-8-3-2-4-9-15/h2-10,16H,11-12,17H2,1H3. The maximum atomic E-state index is 5.89. The van der Waals surface area contributed by atoms with Crippen molar-refractivity contribution in [1.82, 2.24) is 0 Å². The summed E-state index contributed by atoms with van der Waals surface area (Å²) in [4.78, 5) is 0. The molecule has 0 aliphatic heterocycles. The molecule has 88 valence electrons. The van der Waals surface area contributed by atoms with Gasteiger partial charge in [-0.25, -0.2) is 0 Å². The van der Waals surface area contributed by atoms with Crippen LogP contribution in [0.25, 0.3) is 0 Å². The lowest BCUT2D eigenvalue weighted by atomic mass is 9.92. The predicted molar refractivity (Wildman–Crippen MR) is 73.1 cm³/mol. The van der Waals surface area contributed by atoms with Crippen LogP contribution in [0.5, 0.6) is 0 Å². The number of aryl methyl sites for hydroxylation is 1. The van der Waals surface area contributed by atoms with Gasteiger partial charge in [-0.2, -0.15) is 0 Å². The average Bonchev–Trinajstić information content (AvgIpc) is 2.37. The Kier molecular flexibility index (Phi) is 3.94. The van der Waals surface area contributed by atoms with Crippen molar-refractivity contribution < 1.29 is 0 Å². The molecule has 0 aliphatic carbocycles. The second kappa shape index (κ2) is 5.65. The summed E-state index contributed by atoms with van der Waals surface area (Å²) in [7, 11) is 0. The molecule has 1 heteroatoms. The molecule has 17 heavy (non-hydrogen) atoms. The molecular formula is C16H19N. The van der Waals surface area contributed by atoms with E-state index in [1.54, 1.807) is 0 Å². The Morgan fingerprint density at radius 1 is 1.00 bits per heavy atom. The van der Waals surface area contributed by atoms with Crippen LogP contribution in [0.2, 0.25) is 0 Å². The van der Waals surface area contributed by atoms with Crippen LogP contribution in [0.15, 0.2) is 54.6 Å².